The first kappa shape index (κ1) is 27.1. The van der Waals surface area contributed by atoms with Crippen LogP contribution in [0.4, 0.5) is 33.3 Å². The number of anilines is 2. The zero-order chi connectivity index (χ0) is 25.2. The van der Waals surface area contributed by atoms with Gasteiger partial charge in [0.15, 0.2) is 5.69 Å². The number of aromatic nitrogens is 2. The van der Waals surface area contributed by atoms with Crippen LogP contribution in [0.2, 0.25) is 0 Å². The molecule has 1 saturated heterocycles. The highest BCUT2D eigenvalue weighted by molar-refractivity contribution is 6.07. The van der Waals surface area contributed by atoms with Crippen molar-refractivity contribution < 1.29 is 31.5 Å². The number of hydrogen-bond acceptors (Lipinski definition) is 6. The molecule has 7 nitrogen and oxygen atoms in total. The molecule has 0 atom stereocenters. The summed E-state index contributed by atoms with van der Waals surface area (Å²) in [6, 6.07) is 4.53. The summed E-state index contributed by atoms with van der Waals surface area (Å²) >= 11 is 0. The molecule has 0 radical (unpaired) electrons. The second kappa shape index (κ2) is 11.0. The molecule has 192 valence electrons. The first-order valence-electron chi connectivity index (χ1n) is 10.6. The molecule has 3 aromatic rings. The molecule has 1 amide bonds. The predicted molar refractivity (Wildman–Crippen MR) is 125 cm³/mol. The molecule has 1 aliphatic rings. The maximum atomic E-state index is 14.4. The lowest BCUT2D eigenvalue weighted by Crippen LogP contribution is -2.34. The van der Waals surface area contributed by atoms with Crippen LogP contribution in [0.15, 0.2) is 42.7 Å². The van der Waals surface area contributed by atoms with Crippen LogP contribution in [0.25, 0.3) is 11.3 Å². The van der Waals surface area contributed by atoms with E-state index < -0.39 is 51.9 Å². The van der Waals surface area contributed by atoms with Crippen LogP contribution in [0, 0.1) is 11.6 Å². The molecule has 0 unspecified atom stereocenters. The Kier molecular flexibility index (Phi) is 8.31. The fourth-order valence-corrected chi connectivity index (χ4v) is 3.69. The summed E-state index contributed by atoms with van der Waals surface area (Å²) < 4.78 is 75.6. The number of ether oxygens (including phenoxy) is 1. The smallest absolute Gasteiger partial charge is 0.418 e. The number of nitrogen functional groups attached to an aromatic ring is 1. The Morgan fingerprint density at radius 1 is 1.14 bits per heavy atom. The topological polar surface area (TPSA) is 102 Å². The van der Waals surface area contributed by atoms with Gasteiger partial charge in [-0.25, -0.2) is 13.8 Å². The standard InChI is InChI=1S/C23H20F5N5O2.ClH/c24-14-2-1-3-15(25)19(14)20-13(23(26,27)28)10-16(29)21(33-20)22(34)32-17-11-31-9-6-18(17)35-12-4-7-30-8-5-12;/h1-3,6,9-12,30H,4-5,7-8,29H2,(H,32,34);1H. The number of alkyl halides is 3. The number of nitrogens with zero attached hydrogens (tertiary/aromatic N) is 2. The van der Waals surface area contributed by atoms with E-state index in [4.69, 9.17) is 10.5 Å². The van der Waals surface area contributed by atoms with Crippen LogP contribution in [0.1, 0.15) is 28.9 Å². The Labute approximate surface area is 208 Å². The molecule has 0 aliphatic carbocycles. The highest BCUT2D eigenvalue weighted by atomic mass is 35.5. The molecule has 0 bridgehead atoms. The van der Waals surface area contributed by atoms with E-state index in [-0.39, 0.29) is 24.2 Å². The molecule has 3 heterocycles. The molecule has 4 rings (SSSR count). The van der Waals surface area contributed by atoms with Crippen LogP contribution < -0.4 is 21.1 Å². The molecular formula is C23H21ClF5N5O2. The number of piperidine rings is 1. The van der Waals surface area contributed by atoms with Gasteiger partial charge in [-0.1, -0.05) is 6.07 Å². The normalized spacial score (nSPS) is 14.1. The monoisotopic (exact) mass is 529 g/mol. The quantitative estimate of drug-likeness (QED) is 0.409. The van der Waals surface area contributed by atoms with Crippen molar-refractivity contribution in [3.63, 3.8) is 0 Å². The first-order valence-corrected chi connectivity index (χ1v) is 10.6. The number of nitrogens with two attached hydrogens (primary N) is 1. The number of benzene rings is 1. The summed E-state index contributed by atoms with van der Waals surface area (Å²) in [5.41, 5.74) is 0.987. The minimum atomic E-state index is -5.04. The summed E-state index contributed by atoms with van der Waals surface area (Å²) in [6.45, 7) is 1.53. The maximum absolute atomic E-state index is 14.4. The highest BCUT2D eigenvalue weighted by Crippen LogP contribution is 2.39. The Balaban J connectivity index is 0.00000361. The van der Waals surface area contributed by atoms with Crippen molar-refractivity contribution in [1.82, 2.24) is 15.3 Å². The second-order valence-corrected chi connectivity index (χ2v) is 7.81. The maximum Gasteiger partial charge on any atom is 0.418 e. The number of amides is 1. The van der Waals surface area contributed by atoms with E-state index in [0.29, 0.717) is 11.8 Å². The van der Waals surface area contributed by atoms with Crippen molar-refractivity contribution in [1.29, 1.82) is 0 Å². The SMILES string of the molecule is Cl.Nc1cc(C(F)(F)F)c(-c2c(F)cccc2F)nc1C(=O)Nc1cnccc1OC1CCNCC1. The number of hydrogen-bond donors (Lipinski definition) is 3. The molecular weight excluding hydrogens is 509 g/mol. The summed E-state index contributed by atoms with van der Waals surface area (Å²) in [5, 5.41) is 5.67. The van der Waals surface area contributed by atoms with Crippen molar-refractivity contribution in [2.45, 2.75) is 25.1 Å². The van der Waals surface area contributed by atoms with E-state index in [2.05, 4.69) is 20.6 Å². The van der Waals surface area contributed by atoms with Gasteiger partial charge in [-0.3, -0.25) is 9.78 Å². The van der Waals surface area contributed by atoms with E-state index in [1.807, 2.05) is 0 Å². The molecule has 36 heavy (non-hydrogen) atoms. The van der Waals surface area contributed by atoms with E-state index >= 15 is 0 Å². The van der Waals surface area contributed by atoms with Gasteiger partial charge in [0, 0.05) is 12.3 Å². The van der Waals surface area contributed by atoms with Crippen molar-refractivity contribution in [2.24, 2.45) is 0 Å². The van der Waals surface area contributed by atoms with Crippen molar-refractivity contribution in [3.05, 3.63) is 65.6 Å². The van der Waals surface area contributed by atoms with E-state index in [1.54, 1.807) is 0 Å². The van der Waals surface area contributed by atoms with Crippen molar-refractivity contribution in [3.8, 4) is 17.0 Å². The molecule has 0 spiro atoms. The van der Waals surface area contributed by atoms with Crippen LogP contribution in [-0.4, -0.2) is 35.1 Å². The Hall–Kier alpha value is -3.51. The zero-order valence-corrected chi connectivity index (χ0v) is 19.4. The third-order valence-corrected chi connectivity index (χ3v) is 5.38. The van der Waals surface area contributed by atoms with Crippen LogP contribution in [0.5, 0.6) is 5.75 Å². The summed E-state index contributed by atoms with van der Waals surface area (Å²) in [6.07, 6.45) is -0.929. The summed E-state index contributed by atoms with van der Waals surface area (Å²) in [5.74, 6) is -3.25. The zero-order valence-electron chi connectivity index (χ0n) is 18.5. The number of carbonyl (C=O) groups excluding carboxylic acids is 1. The molecule has 0 saturated carbocycles. The lowest BCUT2D eigenvalue weighted by molar-refractivity contribution is -0.137. The summed E-state index contributed by atoms with van der Waals surface area (Å²) in [4.78, 5) is 20.6. The average molecular weight is 530 g/mol. The number of pyridine rings is 2. The fourth-order valence-electron chi connectivity index (χ4n) is 3.69. The Bertz CT molecular complexity index is 1230. The van der Waals surface area contributed by atoms with Gasteiger partial charge in [0.25, 0.3) is 5.91 Å². The Morgan fingerprint density at radius 2 is 1.81 bits per heavy atom. The number of halogens is 6. The number of rotatable bonds is 5. The van der Waals surface area contributed by atoms with Crippen LogP contribution in [-0.2, 0) is 6.18 Å². The minimum absolute atomic E-state index is 0. The van der Waals surface area contributed by atoms with Crippen molar-refractivity contribution in [2.75, 3.05) is 24.1 Å². The first-order chi connectivity index (χ1) is 16.6. The molecule has 1 fully saturated rings. The number of nitrogens with one attached hydrogen (secondary N) is 2. The Morgan fingerprint density at radius 3 is 2.44 bits per heavy atom. The van der Waals surface area contributed by atoms with Gasteiger partial charge in [-0.2, -0.15) is 13.2 Å². The third kappa shape index (κ3) is 5.82. The lowest BCUT2D eigenvalue weighted by Gasteiger charge is -2.25. The van der Waals surface area contributed by atoms with Crippen LogP contribution >= 0.6 is 12.4 Å². The second-order valence-electron chi connectivity index (χ2n) is 7.81. The summed E-state index contributed by atoms with van der Waals surface area (Å²) in [7, 11) is 0. The molecule has 2 aromatic heterocycles. The largest absolute Gasteiger partial charge is 0.488 e. The van der Waals surface area contributed by atoms with Gasteiger partial charge in [0.2, 0.25) is 0 Å². The van der Waals surface area contributed by atoms with Gasteiger partial charge < -0.3 is 21.1 Å². The predicted octanol–water partition coefficient (Wildman–Crippen LogP) is 4.83. The highest BCUT2D eigenvalue weighted by Gasteiger charge is 2.37. The lowest BCUT2D eigenvalue weighted by atomic mass is 10.0. The van der Waals surface area contributed by atoms with Gasteiger partial charge >= 0.3 is 6.18 Å². The molecule has 13 heteroatoms. The van der Waals surface area contributed by atoms with Crippen molar-refractivity contribution >= 4 is 29.7 Å². The average Bonchev–Trinajstić information content (AvgIpc) is 2.81. The van der Waals surface area contributed by atoms with E-state index in [1.165, 1.54) is 18.5 Å². The van der Waals surface area contributed by atoms with Gasteiger partial charge in [0.05, 0.1) is 28.7 Å². The van der Waals surface area contributed by atoms with Gasteiger partial charge in [-0.05, 0) is 44.1 Å². The molecule has 4 N–H and O–H groups in total. The van der Waals surface area contributed by atoms with E-state index in [0.717, 1.165) is 44.1 Å². The van der Waals surface area contributed by atoms with Crippen LogP contribution in [0.3, 0.4) is 0 Å². The van der Waals surface area contributed by atoms with E-state index in [9.17, 15) is 26.7 Å². The number of carbonyl (C=O) groups is 1. The fraction of sp³-hybridized carbons (Fsp3) is 0.261. The molecule has 1 aliphatic heterocycles. The third-order valence-electron chi connectivity index (χ3n) is 5.38. The van der Waals surface area contributed by atoms with Gasteiger partial charge in [0.1, 0.15) is 29.2 Å². The minimum Gasteiger partial charge on any atom is -0.488 e. The van der Waals surface area contributed by atoms with Gasteiger partial charge in [-0.15, -0.1) is 12.4 Å². The molecule has 1 aromatic carbocycles.